The number of rotatable bonds is 6. The van der Waals surface area contributed by atoms with Crippen molar-refractivity contribution in [1.82, 2.24) is 0 Å². The molecule has 31 heavy (non-hydrogen) atoms. The molecule has 5 heteroatoms. The lowest BCUT2D eigenvalue weighted by molar-refractivity contribution is 0.666. The molecule has 0 unspecified atom stereocenters. The first-order chi connectivity index (χ1) is 14.7. The monoisotopic (exact) mass is 418 g/mol. The van der Waals surface area contributed by atoms with Crippen molar-refractivity contribution >= 4 is 33.6 Å². The fourth-order valence-electron chi connectivity index (χ4n) is 3.50. The van der Waals surface area contributed by atoms with Gasteiger partial charge in [0.2, 0.25) is 0 Å². The number of fused-ring (bicyclic) bond motifs is 3. The Morgan fingerprint density at radius 2 is 1.03 bits per heavy atom. The number of para-hydroxylation sites is 2. The molecule has 0 saturated carbocycles. The average molecular weight is 419 g/mol. The fourth-order valence-corrected chi connectivity index (χ4v) is 3.50. The third kappa shape index (κ3) is 5.27. The fraction of sp³-hybridized carbons (Fsp3) is 0.462. The minimum atomic E-state index is 0.141. The Labute approximate surface area is 186 Å². The maximum atomic E-state index is 6.52. The first-order valence-corrected chi connectivity index (χ1v) is 11.2. The van der Waals surface area contributed by atoms with Crippen LogP contribution in [0.3, 0.4) is 0 Å². The molecule has 0 spiro atoms. The lowest BCUT2D eigenvalue weighted by Gasteiger charge is -2.25. The lowest BCUT2D eigenvalue weighted by Crippen LogP contribution is -2.09. The Kier molecular flexibility index (Phi) is 7.04. The van der Waals surface area contributed by atoms with E-state index in [1.807, 2.05) is 24.3 Å². The van der Waals surface area contributed by atoms with E-state index in [1.165, 1.54) is 0 Å². The number of hydrogen-bond donors (Lipinski definition) is 0. The Hall–Kier alpha value is -2.82. The third-order valence-electron chi connectivity index (χ3n) is 4.53. The normalized spacial score (nSPS) is 13.4. The third-order valence-corrected chi connectivity index (χ3v) is 4.53. The number of amidine groups is 2. The van der Waals surface area contributed by atoms with Crippen molar-refractivity contribution in [2.75, 3.05) is 0 Å². The molecule has 0 atom stereocenters. The van der Waals surface area contributed by atoms with Gasteiger partial charge in [-0.2, -0.15) is 0 Å². The minimum Gasteiger partial charge on any atom is -0.462 e. The SMILES string of the molecule is CC(C)N=C([N-]C(C)C)c1cccc2c1oc1c(C(=NC(C)C)[N-]C(C)C)cccc12. The molecule has 1 aromatic heterocycles. The molecule has 0 aliphatic heterocycles. The second kappa shape index (κ2) is 9.54. The summed E-state index contributed by atoms with van der Waals surface area (Å²) in [4.78, 5) is 9.58. The quantitative estimate of drug-likeness (QED) is 0.302. The van der Waals surface area contributed by atoms with Gasteiger partial charge in [-0.3, -0.25) is 0 Å². The number of furan rings is 1. The van der Waals surface area contributed by atoms with Gasteiger partial charge in [0.05, 0.1) is 0 Å². The Bertz CT molecular complexity index is 1020. The highest BCUT2D eigenvalue weighted by Gasteiger charge is 2.15. The predicted molar refractivity (Wildman–Crippen MR) is 134 cm³/mol. The first kappa shape index (κ1) is 22.9. The molecule has 0 radical (unpaired) electrons. The van der Waals surface area contributed by atoms with Gasteiger partial charge in [0.1, 0.15) is 11.2 Å². The molecule has 0 N–H and O–H groups in total. The van der Waals surface area contributed by atoms with Crippen LogP contribution in [0, 0.1) is 0 Å². The van der Waals surface area contributed by atoms with Crippen LogP contribution in [0.25, 0.3) is 32.6 Å². The predicted octanol–water partition coefficient (Wildman–Crippen LogP) is 7.46. The second-order valence-corrected chi connectivity index (χ2v) is 9.01. The van der Waals surface area contributed by atoms with Crippen molar-refractivity contribution in [3.8, 4) is 0 Å². The number of hydrogen-bond acceptors (Lipinski definition) is 3. The highest BCUT2D eigenvalue weighted by molar-refractivity contribution is 6.22. The van der Waals surface area contributed by atoms with E-state index in [-0.39, 0.29) is 24.2 Å². The van der Waals surface area contributed by atoms with Gasteiger partial charge in [-0.05, 0) is 24.2 Å². The van der Waals surface area contributed by atoms with Gasteiger partial charge >= 0.3 is 0 Å². The Balaban J connectivity index is 2.28. The summed E-state index contributed by atoms with van der Waals surface area (Å²) >= 11 is 0. The molecular formula is C26H34N4O-2. The molecule has 0 amide bonds. The standard InChI is InChI=1S/C26H34N4O/c1-15(2)27-25(28-16(3)4)21-13-9-11-19-20-12-10-14-22(24(20)31-23(19)21)26(29-17(5)6)30-18(7)8/h9-18H,1-8H3/q-2. The molecule has 3 rings (SSSR count). The zero-order valence-electron chi connectivity index (χ0n) is 20.0. The molecule has 166 valence electrons. The summed E-state index contributed by atoms with van der Waals surface area (Å²) in [6, 6.07) is 12.9. The van der Waals surface area contributed by atoms with Gasteiger partial charge in [0.15, 0.2) is 0 Å². The van der Waals surface area contributed by atoms with Crippen molar-refractivity contribution < 1.29 is 4.42 Å². The molecule has 0 saturated heterocycles. The second-order valence-electron chi connectivity index (χ2n) is 9.01. The maximum Gasteiger partial charge on any atom is 0.142 e. The number of benzene rings is 2. The van der Waals surface area contributed by atoms with Crippen LogP contribution >= 0.6 is 0 Å². The molecule has 0 aliphatic rings. The van der Waals surface area contributed by atoms with Crippen LogP contribution in [0.4, 0.5) is 0 Å². The van der Waals surface area contributed by atoms with E-state index >= 15 is 0 Å². The summed E-state index contributed by atoms with van der Waals surface area (Å²) in [5, 5.41) is 11.7. The Morgan fingerprint density at radius 1 is 0.645 bits per heavy atom. The molecule has 0 fully saturated rings. The van der Waals surface area contributed by atoms with Crippen LogP contribution in [0.2, 0.25) is 0 Å². The molecule has 1 heterocycles. The molecule has 0 bridgehead atoms. The molecular weight excluding hydrogens is 384 g/mol. The van der Waals surface area contributed by atoms with Crippen molar-refractivity contribution in [2.24, 2.45) is 9.98 Å². The zero-order valence-corrected chi connectivity index (χ0v) is 20.0. The number of nitrogens with zero attached hydrogens (tertiary/aromatic N) is 4. The summed E-state index contributed by atoms with van der Waals surface area (Å²) in [6.45, 7) is 16.5. The smallest absolute Gasteiger partial charge is 0.142 e. The van der Waals surface area contributed by atoms with Crippen molar-refractivity contribution in [2.45, 2.75) is 79.6 Å². The van der Waals surface area contributed by atoms with Gasteiger partial charge in [-0.25, -0.2) is 0 Å². The van der Waals surface area contributed by atoms with E-state index in [2.05, 4.69) is 67.5 Å². The summed E-state index contributed by atoms with van der Waals surface area (Å²) in [5.41, 5.74) is 3.46. The van der Waals surface area contributed by atoms with Gasteiger partial charge < -0.3 is 25.0 Å². The average Bonchev–Trinajstić information content (AvgIpc) is 3.04. The summed E-state index contributed by atoms with van der Waals surface area (Å²) in [5.74, 6) is 1.47. The van der Waals surface area contributed by atoms with E-state index in [9.17, 15) is 0 Å². The van der Waals surface area contributed by atoms with Crippen LogP contribution in [0.5, 0.6) is 0 Å². The molecule has 5 nitrogen and oxygen atoms in total. The highest BCUT2D eigenvalue weighted by atomic mass is 16.3. The van der Waals surface area contributed by atoms with Gasteiger partial charge in [-0.15, -0.1) is 0 Å². The van der Waals surface area contributed by atoms with Crippen LogP contribution < -0.4 is 0 Å². The van der Waals surface area contributed by atoms with E-state index in [1.54, 1.807) is 0 Å². The summed E-state index contributed by atoms with van der Waals surface area (Å²) in [6.07, 6.45) is 0. The van der Waals surface area contributed by atoms with E-state index in [0.717, 1.165) is 44.7 Å². The lowest BCUT2D eigenvalue weighted by atomic mass is 10.1. The van der Waals surface area contributed by atoms with E-state index in [0.29, 0.717) is 0 Å². The Morgan fingerprint density at radius 3 is 1.35 bits per heavy atom. The van der Waals surface area contributed by atoms with Crippen LogP contribution in [0.1, 0.15) is 66.5 Å². The zero-order chi connectivity index (χ0) is 22.7. The summed E-state index contributed by atoms with van der Waals surface area (Å²) in [7, 11) is 0. The van der Waals surface area contributed by atoms with Crippen molar-refractivity contribution in [3.63, 3.8) is 0 Å². The van der Waals surface area contributed by atoms with Crippen LogP contribution in [-0.2, 0) is 0 Å². The molecule has 3 aromatic rings. The van der Waals surface area contributed by atoms with Gasteiger partial charge in [0.25, 0.3) is 0 Å². The van der Waals surface area contributed by atoms with Crippen LogP contribution in [0.15, 0.2) is 50.8 Å². The van der Waals surface area contributed by atoms with Crippen LogP contribution in [-0.4, -0.2) is 35.8 Å². The van der Waals surface area contributed by atoms with E-state index < -0.39 is 0 Å². The van der Waals surface area contributed by atoms with Gasteiger partial charge in [-0.1, -0.05) is 103 Å². The maximum absolute atomic E-state index is 6.52. The van der Waals surface area contributed by atoms with Crippen molar-refractivity contribution in [3.05, 3.63) is 58.2 Å². The molecule has 0 aliphatic carbocycles. The highest BCUT2D eigenvalue weighted by Crippen LogP contribution is 2.35. The van der Waals surface area contributed by atoms with Crippen molar-refractivity contribution in [1.29, 1.82) is 0 Å². The first-order valence-electron chi connectivity index (χ1n) is 11.2. The van der Waals surface area contributed by atoms with Gasteiger partial charge in [0, 0.05) is 21.9 Å². The van der Waals surface area contributed by atoms with E-state index in [4.69, 9.17) is 25.0 Å². The molecule has 2 aromatic carbocycles. The summed E-state index contributed by atoms with van der Waals surface area (Å²) < 4.78 is 6.52. The number of aliphatic imine (C=N–C) groups is 2. The largest absolute Gasteiger partial charge is 0.462 e. The topological polar surface area (TPSA) is 66.1 Å². The minimum absolute atomic E-state index is 0.141.